The topological polar surface area (TPSA) is 61.7 Å². The molecule has 0 saturated carbocycles. The van der Waals surface area contributed by atoms with Gasteiger partial charge in [0, 0.05) is 17.8 Å². The summed E-state index contributed by atoms with van der Waals surface area (Å²) in [5.74, 6) is -0.791. The number of carboxylic acids is 1. The number of rotatable bonds is 5. The summed E-state index contributed by atoms with van der Waals surface area (Å²) < 4.78 is 0. The molecule has 2 N–H and O–H groups in total. The number of carbonyl (C=O) groups is 1. The van der Waals surface area contributed by atoms with Crippen molar-refractivity contribution < 1.29 is 9.90 Å². The molecule has 0 saturated heterocycles. The van der Waals surface area contributed by atoms with Gasteiger partial charge in [-0.3, -0.25) is 9.79 Å². The fraction of sp³-hybridized carbons (Fsp3) is 0.333. The van der Waals surface area contributed by atoms with Crippen molar-refractivity contribution in [2.75, 3.05) is 11.9 Å². The Morgan fingerprint density at radius 2 is 2.42 bits per heavy atom. The van der Waals surface area contributed by atoms with E-state index in [1.54, 1.807) is 0 Å². The monoisotopic (exact) mass is 258 g/mol. The minimum Gasteiger partial charge on any atom is -0.481 e. The van der Waals surface area contributed by atoms with Crippen LogP contribution in [0.3, 0.4) is 0 Å². The molecule has 1 unspecified atom stereocenters. The molecule has 1 aliphatic rings. The molecule has 0 bridgehead atoms. The summed E-state index contributed by atoms with van der Waals surface area (Å²) in [6.07, 6.45) is 7.04. The number of hydrogen-bond acceptors (Lipinski definition) is 3. The zero-order valence-electron chi connectivity index (χ0n) is 11.0. The first kappa shape index (κ1) is 13.3. The van der Waals surface area contributed by atoms with Gasteiger partial charge in [0.2, 0.25) is 0 Å². The van der Waals surface area contributed by atoms with Gasteiger partial charge in [-0.15, -0.1) is 0 Å². The number of anilines is 1. The fourth-order valence-corrected chi connectivity index (χ4v) is 2.32. The molecule has 0 spiro atoms. The van der Waals surface area contributed by atoms with Crippen molar-refractivity contribution in [3.05, 3.63) is 35.4 Å². The second kappa shape index (κ2) is 6.18. The third kappa shape index (κ3) is 3.22. The Morgan fingerprint density at radius 1 is 1.58 bits per heavy atom. The first-order valence-electron chi connectivity index (χ1n) is 6.45. The van der Waals surface area contributed by atoms with E-state index in [0.29, 0.717) is 6.54 Å². The summed E-state index contributed by atoms with van der Waals surface area (Å²) in [7, 11) is 0. The van der Waals surface area contributed by atoms with Crippen molar-refractivity contribution in [3.63, 3.8) is 0 Å². The molecule has 0 fully saturated rings. The van der Waals surface area contributed by atoms with Gasteiger partial charge in [-0.25, -0.2) is 0 Å². The van der Waals surface area contributed by atoms with Crippen LogP contribution in [0.4, 0.5) is 5.69 Å². The predicted octanol–water partition coefficient (Wildman–Crippen LogP) is 3.12. The number of aliphatic carboxylic acids is 1. The average molecular weight is 258 g/mol. The largest absolute Gasteiger partial charge is 0.481 e. The van der Waals surface area contributed by atoms with Crippen LogP contribution >= 0.6 is 0 Å². The van der Waals surface area contributed by atoms with E-state index < -0.39 is 5.97 Å². The lowest BCUT2D eigenvalue weighted by Crippen LogP contribution is -2.12. The van der Waals surface area contributed by atoms with Crippen LogP contribution in [0, 0.1) is 0 Å². The van der Waals surface area contributed by atoms with Gasteiger partial charge in [-0.2, -0.15) is 0 Å². The Hall–Kier alpha value is -2.10. The Labute approximate surface area is 112 Å². The van der Waals surface area contributed by atoms with Gasteiger partial charge >= 0.3 is 5.97 Å². The van der Waals surface area contributed by atoms with Crippen LogP contribution < -0.4 is 5.32 Å². The number of nitrogens with zero attached hydrogens (tertiary/aromatic N) is 1. The minimum atomic E-state index is -0.791. The van der Waals surface area contributed by atoms with Crippen molar-refractivity contribution in [3.8, 4) is 0 Å². The third-order valence-electron chi connectivity index (χ3n) is 3.11. The van der Waals surface area contributed by atoms with Crippen LogP contribution in [-0.2, 0) is 4.79 Å². The summed E-state index contributed by atoms with van der Waals surface area (Å²) in [5, 5.41) is 11.9. The van der Waals surface area contributed by atoms with Gasteiger partial charge in [0.1, 0.15) is 0 Å². The lowest BCUT2D eigenvalue weighted by Gasteiger charge is -2.22. The zero-order chi connectivity index (χ0) is 13.7. The first-order valence-corrected chi connectivity index (χ1v) is 6.45. The number of fused-ring (bicyclic) bond motifs is 1. The maximum absolute atomic E-state index is 10.6. The van der Waals surface area contributed by atoms with Crippen LogP contribution in [0.5, 0.6) is 0 Å². The van der Waals surface area contributed by atoms with Gasteiger partial charge in [0.05, 0.1) is 12.5 Å². The first-order chi connectivity index (χ1) is 9.22. The highest BCUT2D eigenvalue weighted by atomic mass is 16.4. The van der Waals surface area contributed by atoms with E-state index in [1.807, 2.05) is 25.3 Å². The number of hydrogen-bond donors (Lipinski definition) is 2. The fourth-order valence-electron chi connectivity index (χ4n) is 2.32. The molecule has 0 aromatic heterocycles. The molecule has 0 heterocycles. The lowest BCUT2D eigenvalue weighted by molar-refractivity contribution is -0.136. The van der Waals surface area contributed by atoms with E-state index in [4.69, 9.17) is 5.11 Å². The molecule has 4 nitrogen and oxygen atoms in total. The molecule has 100 valence electrons. The van der Waals surface area contributed by atoms with Crippen molar-refractivity contribution >= 4 is 23.9 Å². The minimum absolute atomic E-state index is 0.112. The quantitative estimate of drug-likeness (QED) is 0.798. The number of nitrogens with one attached hydrogen (secondary N) is 1. The highest BCUT2D eigenvalue weighted by Crippen LogP contribution is 2.36. The van der Waals surface area contributed by atoms with Crippen LogP contribution in [0.25, 0.3) is 6.08 Å². The molecule has 1 aliphatic carbocycles. The van der Waals surface area contributed by atoms with Gasteiger partial charge < -0.3 is 10.4 Å². The highest BCUT2D eigenvalue weighted by molar-refractivity contribution is 5.70. The Morgan fingerprint density at radius 3 is 3.16 bits per heavy atom. The van der Waals surface area contributed by atoms with Gasteiger partial charge in [-0.05, 0) is 31.2 Å². The molecule has 0 radical (unpaired) electrons. The maximum atomic E-state index is 10.6. The van der Waals surface area contributed by atoms with E-state index in [0.717, 1.165) is 23.2 Å². The smallest absolute Gasteiger partial charge is 0.305 e. The highest BCUT2D eigenvalue weighted by Gasteiger charge is 2.19. The molecule has 19 heavy (non-hydrogen) atoms. The summed E-state index contributed by atoms with van der Waals surface area (Å²) >= 11 is 0. The molecule has 4 heteroatoms. The van der Waals surface area contributed by atoms with Crippen molar-refractivity contribution in [2.45, 2.75) is 25.8 Å². The summed E-state index contributed by atoms with van der Waals surface area (Å²) in [6, 6.07) is 6.15. The lowest BCUT2D eigenvalue weighted by atomic mass is 9.91. The molecule has 0 amide bonds. The van der Waals surface area contributed by atoms with Crippen molar-refractivity contribution in [2.24, 2.45) is 4.99 Å². The van der Waals surface area contributed by atoms with E-state index in [9.17, 15) is 4.79 Å². The van der Waals surface area contributed by atoms with Crippen LogP contribution in [0.2, 0.25) is 0 Å². The van der Waals surface area contributed by atoms with Gasteiger partial charge in [0.15, 0.2) is 0 Å². The van der Waals surface area contributed by atoms with Crippen LogP contribution in [0.15, 0.2) is 29.3 Å². The molecular weight excluding hydrogens is 240 g/mol. The number of benzene rings is 1. The summed E-state index contributed by atoms with van der Waals surface area (Å²) in [5.41, 5.74) is 3.30. The van der Waals surface area contributed by atoms with E-state index in [-0.39, 0.29) is 12.5 Å². The summed E-state index contributed by atoms with van der Waals surface area (Å²) in [4.78, 5) is 15.1. The maximum Gasteiger partial charge on any atom is 0.305 e. The molecule has 1 aromatic carbocycles. The Kier molecular flexibility index (Phi) is 4.34. The number of aliphatic imine (C=N–C) groups is 1. The Bertz CT molecular complexity index is 521. The second-order valence-corrected chi connectivity index (χ2v) is 4.44. The van der Waals surface area contributed by atoms with E-state index >= 15 is 0 Å². The normalized spacial score (nSPS) is 17.4. The SMILES string of the molecule is CC=NC1CC=Cc2cccc(NCCC(=O)O)c21. The molecule has 1 atom stereocenters. The molecule has 1 aromatic rings. The predicted molar refractivity (Wildman–Crippen MR) is 77.7 cm³/mol. The zero-order valence-corrected chi connectivity index (χ0v) is 11.0. The van der Waals surface area contributed by atoms with Gasteiger partial charge in [-0.1, -0.05) is 24.3 Å². The average Bonchev–Trinajstić information content (AvgIpc) is 2.39. The standard InChI is InChI=1S/C15H18N2O2/c1-2-16-12-7-3-5-11-6-4-8-13(15(11)12)17-10-9-14(18)19/h2-6,8,12,17H,7,9-10H2,1H3,(H,18,19). The van der Waals surface area contributed by atoms with E-state index in [2.05, 4.69) is 28.5 Å². The van der Waals surface area contributed by atoms with Crippen LogP contribution in [-0.4, -0.2) is 23.8 Å². The second-order valence-electron chi connectivity index (χ2n) is 4.44. The molecular formula is C15H18N2O2. The summed E-state index contributed by atoms with van der Waals surface area (Å²) in [6.45, 7) is 2.34. The van der Waals surface area contributed by atoms with E-state index in [1.165, 1.54) is 0 Å². The van der Waals surface area contributed by atoms with Crippen molar-refractivity contribution in [1.82, 2.24) is 0 Å². The molecule has 2 rings (SSSR count). The van der Waals surface area contributed by atoms with Crippen LogP contribution in [0.1, 0.15) is 36.9 Å². The Balaban J connectivity index is 2.24. The third-order valence-corrected chi connectivity index (χ3v) is 3.11. The van der Waals surface area contributed by atoms with Crippen molar-refractivity contribution in [1.29, 1.82) is 0 Å². The number of carboxylic acid groups (broad SMARTS) is 1. The van der Waals surface area contributed by atoms with Gasteiger partial charge in [0.25, 0.3) is 0 Å². The molecule has 0 aliphatic heterocycles.